The van der Waals surface area contributed by atoms with Gasteiger partial charge < -0.3 is 10.2 Å². The van der Waals surface area contributed by atoms with Gasteiger partial charge in [0.15, 0.2) is 0 Å². The highest BCUT2D eigenvalue weighted by molar-refractivity contribution is 5.90. The standard InChI is InChI=1S/C13H21N5O2/c1-3-4-11(19)15-10-5-7-18(8-6-10)13(20)12-14-9(2)16-17-12/h10H,3-8H2,1-2H3,(H,15,19)(H,14,16,17). The van der Waals surface area contributed by atoms with Gasteiger partial charge in [-0.15, -0.1) is 5.10 Å². The van der Waals surface area contributed by atoms with Crippen LogP contribution in [0, 0.1) is 6.92 Å². The predicted octanol–water partition coefficient (Wildman–Crippen LogP) is 0.634. The van der Waals surface area contributed by atoms with Crippen LogP contribution in [0.5, 0.6) is 0 Å². The lowest BCUT2D eigenvalue weighted by molar-refractivity contribution is -0.122. The van der Waals surface area contributed by atoms with E-state index >= 15 is 0 Å². The van der Waals surface area contributed by atoms with Gasteiger partial charge in [0.25, 0.3) is 5.91 Å². The Balaban J connectivity index is 1.82. The van der Waals surface area contributed by atoms with E-state index in [9.17, 15) is 9.59 Å². The number of aromatic nitrogens is 3. The van der Waals surface area contributed by atoms with E-state index in [1.165, 1.54) is 0 Å². The molecule has 0 saturated carbocycles. The summed E-state index contributed by atoms with van der Waals surface area (Å²) in [7, 11) is 0. The van der Waals surface area contributed by atoms with Crippen molar-refractivity contribution < 1.29 is 9.59 Å². The lowest BCUT2D eigenvalue weighted by atomic mass is 10.0. The second-order valence-electron chi connectivity index (χ2n) is 5.13. The van der Waals surface area contributed by atoms with E-state index in [1.54, 1.807) is 11.8 Å². The first kappa shape index (κ1) is 14.5. The lowest BCUT2D eigenvalue weighted by Gasteiger charge is -2.31. The van der Waals surface area contributed by atoms with E-state index in [4.69, 9.17) is 0 Å². The molecule has 2 rings (SSSR count). The molecule has 0 radical (unpaired) electrons. The van der Waals surface area contributed by atoms with Crippen LogP contribution in [0.1, 0.15) is 49.1 Å². The summed E-state index contributed by atoms with van der Waals surface area (Å²) >= 11 is 0. The maximum absolute atomic E-state index is 12.1. The van der Waals surface area contributed by atoms with Crippen LogP contribution in [0.15, 0.2) is 0 Å². The highest BCUT2D eigenvalue weighted by Gasteiger charge is 2.26. The fraction of sp³-hybridized carbons (Fsp3) is 0.692. The number of carbonyl (C=O) groups is 2. The van der Waals surface area contributed by atoms with Gasteiger partial charge >= 0.3 is 0 Å². The number of H-pyrrole nitrogens is 1. The second kappa shape index (κ2) is 6.49. The molecule has 1 aliphatic rings. The largest absolute Gasteiger partial charge is 0.353 e. The number of amides is 2. The van der Waals surface area contributed by atoms with Crippen LogP contribution in [0.2, 0.25) is 0 Å². The molecule has 0 aromatic carbocycles. The molecule has 2 heterocycles. The van der Waals surface area contributed by atoms with Crippen molar-refractivity contribution in [3.05, 3.63) is 11.6 Å². The number of aryl methyl sites for hydroxylation is 1. The molecule has 2 amide bonds. The lowest BCUT2D eigenvalue weighted by Crippen LogP contribution is -2.46. The first-order valence-corrected chi connectivity index (χ1v) is 7.07. The van der Waals surface area contributed by atoms with Crippen LogP contribution in [-0.4, -0.2) is 51.0 Å². The molecule has 1 aromatic heterocycles. The number of rotatable bonds is 4. The molecule has 20 heavy (non-hydrogen) atoms. The molecule has 1 fully saturated rings. The van der Waals surface area contributed by atoms with Crippen LogP contribution >= 0.6 is 0 Å². The zero-order chi connectivity index (χ0) is 14.5. The maximum Gasteiger partial charge on any atom is 0.293 e. The van der Waals surface area contributed by atoms with Crippen molar-refractivity contribution in [3.63, 3.8) is 0 Å². The smallest absolute Gasteiger partial charge is 0.293 e. The molecule has 0 aliphatic carbocycles. The molecule has 0 unspecified atom stereocenters. The molecule has 1 saturated heterocycles. The summed E-state index contributed by atoms with van der Waals surface area (Å²) in [6, 6.07) is 0.173. The summed E-state index contributed by atoms with van der Waals surface area (Å²) in [5, 5.41) is 9.57. The quantitative estimate of drug-likeness (QED) is 0.846. The molecule has 1 aliphatic heterocycles. The van der Waals surface area contributed by atoms with Gasteiger partial charge in [-0.3, -0.25) is 14.7 Å². The zero-order valence-corrected chi connectivity index (χ0v) is 12.0. The summed E-state index contributed by atoms with van der Waals surface area (Å²) in [6.07, 6.45) is 2.98. The Morgan fingerprint density at radius 3 is 2.65 bits per heavy atom. The van der Waals surface area contributed by atoms with Crippen molar-refractivity contribution in [2.45, 2.75) is 45.6 Å². The SMILES string of the molecule is CCCC(=O)NC1CCN(C(=O)c2n[nH]c(C)n2)CC1. The summed E-state index contributed by atoms with van der Waals surface area (Å²) in [5.41, 5.74) is 0. The maximum atomic E-state index is 12.1. The summed E-state index contributed by atoms with van der Waals surface area (Å²) in [4.78, 5) is 29.5. The predicted molar refractivity (Wildman–Crippen MR) is 73.1 cm³/mol. The van der Waals surface area contributed by atoms with Crippen molar-refractivity contribution in [1.29, 1.82) is 0 Å². The van der Waals surface area contributed by atoms with Crippen LogP contribution in [0.4, 0.5) is 0 Å². The second-order valence-corrected chi connectivity index (χ2v) is 5.13. The summed E-state index contributed by atoms with van der Waals surface area (Å²) in [6.45, 7) is 5.01. The monoisotopic (exact) mass is 279 g/mol. The Morgan fingerprint density at radius 2 is 2.10 bits per heavy atom. The van der Waals surface area contributed by atoms with Crippen LogP contribution in [-0.2, 0) is 4.79 Å². The minimum atomic E-state index is -0.146. The number of hydrogen-bond acceptors (Lipinski definition) is 4. The summed E-state index contributed by atoms with van der Waals surface area (Å²) in [5.74, 6) is 0.806. The van der Waals surface area contributed by atoms with Crippen molar-refractivity contribution in [3.8, 4) is 0 Å². The minimum absolute atomic E-state index is 0.0990. The average Bonchev–Trinajstić information content (AvgIpc) is 2.86. The molecule has 7 heteroatoms. The number of nitrogens with zero attached hydrogens (tertiary/aromatic N) is 3. The normalized spacial score (nSPS) is 16.2. The zero-order valence-electron chi connectivity index (χ0n) is 12.0. The molecule has 7 nitrogen and oxygen atoms in total. The van der Waals surface area contributed by atoms with Crippen molar-refractivity contribution in [1.82, 2.24) is 25.4 Å². The Bertz CT molecular complexity index is 477. The van der Waals surface area contributed by atoms with Crippen molar-refractivity contribution >= 4 is 11.8 Å². The molecule has 0 bridgehead atoms. The van der Waals surface area contributed by atoms with E-state index in [-0.39, 0.29) is 23.7 Å². The highest BCUT2D eigenvalue weighted by Crippen LogP contribution is 2.12. The Morgan fingerprint density at radius 1 is 1.40 bits per heavy atom. The van der Waals surface area contributed by atoms with Crippen LogP contribution in [0.3, 0.4) is 0 Å². The fourth-order valence-electron chi connectivity index (χ4n) is 2.33. The van der Waals surface area contributed by atoms with E-state index in [2.05, 4.69) is 20.5 Å². The highest BCUT2D eigenvalue weighted by atomic mass is 16.2. The van der Waals surface area contributed by atoms with Crippen LogP contribution in [0.25, 0.3) is 0 Å². The molecule has 110 valence electrons. The first-order chi connectivity index (χ1) is 9.60. The van der Waals surface area contributed by atoms with Gasteiger partial charge in [-0.2, -0.15) is 0 Å². The van der Waals surface area contributed by atoms with Crippen molar-refractivity contribution in [2.24, 2.45) is 0 Å². The van der Waals surface area contributed by atoms with Gasteiger partial charge in [0.05, 0.1) is 0 Å². The number of likely N-dealkylation sites (tertiary alicyclic amines) is 1. The van der Waals surface area contributed by atoms with Crippen LogP contribution < -0.4 is 5.32 Å². The van der Waals surface area contributed by atoms with Crippen molar-refractivity contribution in [2.75, 3.05) is 13.1 Å². The Kier molecular flexibility index (Phi) is 4.70. The third kappa shape index (κ3) is 3.55. The average molecular weight is 279 g/mol. The van der Waals surface area contributed by atoms with Gasteiger partial charge in [0.2, 0.25) is 11.7 Å². The van der Waals surface area contributed by atoms with Gasteiger partial charge in [-0.1, -0.05) is 6.92 Å². The molecule has 1 aromatic rings. The molecule has 0 spiro atoms. The first-order valence-electron chi connectivity index (χ1n) is 7.07. The van der Waals surface area contributed by atoms with E-state index in [0.29, 0.717) is 25.3 Å². The fourth-order valence-corrected chi connectivity index (χ4v) is 2.33. The topological polar surface area (TPSA) is 91.0 Å². The minimum Gasteiger partial charge on any atom is -0.353 e. The number of carbonyl (C=O) groups excluding carboxylic acids is 2. The van der Waals surface area contributed by atoms with Gasteiger partial charge in [0.1, 0.15) is 5.82 Å². The third-order valence-corrected chi connectivity index (χ3v) is 3.41. The number of piperidine rings is 1. The summed E-state index contributed by atoms with van der Waals surface area (Å²) < 4.78 is 0. The number of nitrogens with one attached hydrogen (secondary N) is 2. The number of aromatic amines is 1. The molecular weight excluding hydrogens is 258 g/mol. The molecule has 2 N–H and O–H groups in total. The molecular formula is C13H21N5O2. The molecule has 0 atom stereocenters. The van der Waals surface area contributed by atoms with Gasteiger partial charge in [-0.25, -0.2) is 4.98 Å². The van der Waals surface area contributed by atoms with E-state index in [1.807, 2.05) is 6.92 Å². The van der Waals surface area contributed by atoms with E-state index in [0.717, 1.165) is 19.3 Å². The van der Waals surface area contributed by atoms with Gasteiger partial charge in [0, 0.05) is 25.6 Å². The van der Waals surface area contributed by atoms with E-state index < -0.39 is 0 Å². The number of hydrogen-bond donors (Lipinski definition) is 2. The third-order valence-electron chi connectivity index (χ3n) is 3.41. The van der Waals surface area contributed by atoms with Gasteiger partial charge in [-0.05, 0) is 26.2 Å². The Hall–Kier alpha value is -1.92. The Labute approximate surface area is 118 Å².